The Bertz CT molecular complexity index is 391. The Hall–Kier alpha value is -0.580. The Morgan fingerprint density at radius 1 is 1.38 bits per heavy atom. The predicted molar refractivity (Wildman–Crippen MR) is 64.4 cm³/mol. The zero-order chi connectivity index (χ0) is 11.0. The number of halogens is 1. The van der Waals surface area contributed by atoms with E-state index >= 15 is 0 Å². The molecule has 1 saturated heterocycles. The topological polar surface area (TPSA) is 30.5 Å². The fraction of sp³-hybridized carbons (Fsp3) is 0.500. The second kappa shape index (κ2) is 4.35. The largest absolute Gasteiger partial charge is 0.463 e. The fourth-order valence-corrected chi connectivity index (χ4v) is 2.66. The monoisotopic (exact) mass is 283 g/mol. The van der Waals surface area contributed by atoms with Gasteiger partial charge in [0.25, 0.3) is 0 Å². The lowest BCUT2D eigenvalue weighted by Crippen LogP contribution is -2.42. The van der Waals surface area contributed by atoms with Crippen molar-refractivity contribution in [2.24, 2.45) is 0 Å². The highest BCUT2D eigenvalue weighted by Crippen LogP contribution is 2.30. The summed E-state index contributed by atoms with van der Waals surface area (Å²) >= 11 is 3.45. The van der Waals surface area contributed by atoms with Gasteiger partial charge in [-0.15, -0.1) is 0 Å². The lowest BCUT2D eigenvalue weighted by Gasteiger charge is -2.30. The second-order valence-electron chi connectivity index (χ2n) is 4.25. The number of ether oxygens (including phenoxy) is 2. The van der Waals surface area contributed by atoms with Gasteiger partial charge in [0, 0.05) is 10.0 Å². The Balaban J connectivity index is 1.78. The molecule has 2 aliphatic rings. The van der Waals surface area contributed by atoms with E-state index in [0.29, 0.717) is 12.6 Å². The summed E-state index contributed by atoms with van der Waals surface area (Å²) in [4.78, 5) is 0. The lowest BCUT2D eigenvalue weighted by molar-refractivity contribution is -0.123. The van der Waals surface area contributed by atoms with E-state index in [2.05, 4.69) is 21.2 Å². The van der Waals surface area contributed by atoms with Crippen molar-refractivity contribution < 1.29 is 9.47 Å². The maximum Gasteiger partial charge on any atom is 0.215 e. The van der Waals surface area contributed by atoms with Gasteiger partial charge in [0.05, 0.1) is 12.6 Å². The van der Waals surface area contributed by atoms with E-state index in [4.69, 9.17) is 9.47 Å². The molecule has 2 heterocycles. The minimum atomic E-state index is -0.129. The molecule has 0 aromatic heterocycles. The quantitative estimate of drug-likeness (QED) is 0.859. The standard InChI is InChI=1S/C12H14BrNO2/c13-9-3-4-11-8(6-9)7-15-12(16-11)10-2-1-5-14-10/h3-4,6,10,12,14H,1-2,5,7H2. The average Bonchev–Trinajstić information content (AvgIpc) is 2.82. The molecule has 0 aliphatic carbocycles. The fourth-order valence-electron chi connectivity index (χ4n) is 2.25. The Kier molecular flexibility index (Phi) is 2.88. The number of nitrogens with one attached hydrogen (secondary N) is 1. The molecule has 0 spiro atoms. The number of benzene rings is 1. The molecule has 0 amide bonds. The summed E-state index contributed by atoms with van der Waals surface area (Å²) in [5.74, 6) is 0.952. The SMILES string of the molecule is Brc1ccc2c(c1)COC(C1CCCN1)O2. The number of fused-ring (bicyclic) bond motifs is 1. The Morgan fingerprint density at radius 2 is 2.31 bits per heavy atom. The van der Waals surface area contributed by atoms with Crippen LogP contribution in [0.2, 0.25) is 0 Å². The average molecular weight is 284 g/mol. The van der Waals surface area contributed by atoms with Gasteiger partial charge >= 0.3 is 0 Å². The van der Waals surface area contributed by atoms with Crippen LogP contribution in [0.25, 0.3) is 0 Å². The van der Waals surface area contributed by atoms with Gasteiger partial charge in [-0.1, -0.05) is 15.9 Å². The molecule has 0 radical (unpaired) electrons. The minimum absolute atomic E-state index is 0.129. The van der Waals surface area contributed by atoms with Crippen molar-refractivity contribution >= 4 is 15.9 Å². The summed E-state index contributed by atoms with van der Waals surface area (Å²) < 4.78 is 12.7. The van der Waals surface area contributed by atoms with Crippen molar-refractivity contribution in [2.45, 2.75) is 31.8 Å². The molecule has 4 heteroatoms. The van der Waals surface area contributed by atoms with Crippen LogP contribution in [0, 0.1) is 0 Å². The third-order valence-corrected chi connectivity index (χ3v) is 3.59. The maximum atomic E-state index is 5.87. The van der Waals surface area contributed by atoms with Crippen LogP contribution < -0.4 is 10.1 Å². The highest BCUT2D eigenvalue weighted by Gasteiger charge is 2.30. The highest BCUT2D eigenvalue weighted by atomic mass is 79.9. The summed E-state index contributed by atoms with van der Waals surface area (Å²) in [5.41, 5.74) is 1.11. The third-order valence-electron chi connectivity index (χ3n) is 3.10. The molecule has 1 N–H and O–H groups in total. The molecule has 2 unspecified atom stereocenters. The molecule has 0 bridgehead atoms. The van der Waals surface area contributed by atoms with Crippen molar-refractivity contribution in [1.29, 1.82) is 0 Å². The molecule has 3 rings (SSSR count). The van der Waals surface area contributed by atoms with Gasteiger partial charge in [0.1, 0.15) is 5.75 Å². The van der Waals surface area contributed by atoms with Crippen LogP contribution in [0.5, 0.6) is 5.75 Å². The van der Waals surface area contributed by atoms with Crippen LogP contribution in [0.15, 0.2) is 22.7 Å². The van der Waals surface area contributed by atoms with Crippen LogP contribution in [-0.4, -0.2) is 18.9 Å². The van der Waals surface area contributed by atoms with Crippen molar-refractivity contribution in [3.8, 4) is 5.75 Å². The lowest BCUT2D eigenvalue weighted by atomic mass is 10.1. The molecule has 1 aromatic carbocycles. The molecule has 3 nitrogen and oxygen atoms in total. The highest BCUT2D eigenvalue weighted by molar-refractivity contribution is 9.10. The Labute approximate surface area is 103 Å². The van der Waals surface area contributed by atoms with E-state index in [9.17, 15) is 0 Å². The summed E-state index contributed by atoms with van der Waals surface area (Å²) in [7, 11) is 0. The molecular formula is C12H14BrNO2. The van der Waals surface area contributed by atoms with Gasteiger partial charge < -0.3 is 14.8 Å². The van der Waals surface area contributed by atoms with Crippen molar-refractivity contribution in [3.63, 3.8) is 0 Å². The van der Waals surface area contributed by atoms with Crippen LogP contribution in [0.1, 0.15) is 18.4 Å². The van der Waals surface area contributed by atoms with Crippen molar-refractivity contribution in [3.05, 3.63) is 28.2 Å². The van der Waals surface area contributed by atoms with Gasteiger partial charge in [-0.05, 0) is 37.6 Å². The van der Waals surface area contributed by atoms with Gasteiger partial charge in [-0.3, -0.25) is 0 Å². The molecule has 86 valence electrons. The number of rotatable bonds is 1. The van der Waals surface area contributed by atoms with Crippen LogP contribution in [-0.2, 0) is 11.3 Å². The third kappa shape index (κ3) is 1.97. The zero-order valence-corrected chi connectivity index (χ0v) is 10.5. The maximum absolute atomic E-state index is 5.87. The first-order valence-corrected chi connectivity index (χ1v) is 6.42. The van der Waals surface area contributed by atoms with Gasteiger partial charge in [-0.2, -0.15) is 0 Å². The van der Waals surface area contributed by atoms with Crippen molar-refractivity contribution in [1.82, 2.24) is 5.32 Å². The van der Waals surface area contributed by atoms with Crippen LogP contribution >= 0.6 is 15.9 Å². The zero-order valence-electron chi connectivity index (χ0n) is 8.91. The molecule has 2 aliphatic heterocycles. The summed E-state index contributed by atoms with van der Waals surface area (Å²) in [6.45, 7) is 1.71. The first-order valence-electron chi connectivity index (χ1n) is 5.63. The van der Waals surface area contributed by atoms with Crippen molar-refractivity contribution in [2.75, 3.05) is 6.54 Å². The summed E-state index contributed by atoms with van der Waals surface area (Å²) in [6.07, 6.45) is 2.22. The first kappa shape index (κ1) is 10.6. The normalized spacial score (nSPS) is 28.6. The van der Waals surface area contributed by atoms with Gasteiger partial charge in [-0.25, -0.2) is 0 Å². The smallest absolute Gasteiger partial charge is 0.215 e. The van der Waals surface area contributed by atoms with Crippen LogP contribution in [0.3, 0.4) is 0 Å². The molecule has 2 atom stereocenters. The molecule has 1 aromatic rings. The Morgan fingerprint density at radius 3 is 3.12 bits per heavy atom. The summed E-state index contributed by atoms with van der Waals surface area (Å²) in [6, 6.07) is 6.40. The van der Waals surface area contributed by atoms with Gasteiger partial charge in [0.2, 0.25) is 6.29 Å². The minimum Gasteiger partial charge on any atom is -0.463 e. The number of hydrogen-bond donors (Lipinski definition) is 1. The predicted octanol–water partition coefficient (Wildman–Crippen LogP) is 2.44. The van der Waals surface area contributed by atoms with E-state index in [0.717, 1.165) is 28.8 Å². The molecule has 16 heavy (non-hydrogen) atoms. The van der Waals surface area contributed by atoms with Crippen LogP contribution in [0.4, 0.5) is 0 Å². The van der Waals surface area contributed by atoms with E-state index in [-0.39, 0.29) is 6.29 Å². The number of hydrogen-bond acceptors (Lipinski definition) is 3. The van der Waals surface area contributed by atoms with E-state index in [1.54, 1.807) is 0 Å². The molecule has 0 saturated carbocycles. The van der Waals surface area contributed by atoms with E-state index in [1.807, 2.05) is 18.2 Å². The van der Waals surface area contributed by atoms with E-state index in [1.165, 1.54) is 6.42 Å². The second-order valence-corrected chi connectivity index (χ2v) is 5.17. The first-order chi connectivity index (χ1) is 7.83. The van der Waals surface area contributed by atoms with Gasteiger partial charge in [0.15, 0.2) is 0 Å². The van der Waals surface area contributed by atoms with E-state index < -0.39 is 0 Å². The molecule has 1 fully saturated rings. The molecular weight excluding hydrogens is 270 g/mol. The summed E-state index contributed by atoms with van der Waals surface area (Å²) in [5, 5.41) is 3.41.